The van der Waals surface area contributed by atoms with Crippen LogP contribution in [0.25, 0.3) is 0 Å². The average molecular weight is 436 g/mol. The quantitative estimate of drug-likeness (QED) is 0.630. The van der Waals surface area contributed by atoms with E-state index in [0.717, 1.165) is 41.8 Å². The van der Waals surface area contributed by atoms with Crippen LogP contribution in [0.15, 0.2) is 53.0 Å². The van der Waals surface area contributed by atoms with Crippen LogP contribution in [0.3, 0.4) is 0 Å². The summed E-state index contributed by atoms with van der Waals surface area (Å²) in [6, 6.07) is 14.9. The monoisotopic (exact) mass is 435 g/mol. The molecule has 1 aliphatic heterocycles. The van der Waals surface area contributed by atoms with E-state index >= 15 is 0 Å². The van der Waals surface area contributed by atoms with Crippen molar-refractivity contribution in [3.63, 3.8) is 0 Å². The molecule has 2 aromatic carbocycles. The van der Waals surface area contributed by atoms with Crippen molar-refractivity contribution in [3.05, 3.63) is 58.6 Å². The number of hydrogen-bond donors (Lipinski definition) is 2. The SMILES string of the molecule is Oc1ccccc1CN(C[C@@H](O)COc1ccc(Br)cc1)C[C@H]1CCCO1. The number of aliphatic hydroxyl groups is 1. The first kappa shape index (κ1) is 20.1. The molecule has 0 spiro atoms. The van der Waals surface area contributed by atoms with Crippen molar-refractivity contribution in [2.75, 3.05) is 26.3 Å². The van der Waals surface area contributed by atoms with Gasteiger partial charge >= 0.3 is 0 Å². The van der Waals surface area contributed by atoms with Gasteiger partial charge in [-0.3, -0.25) is 4.90 Å². The molecule has 2 aromatic rings. The van der Waals surface area contributed by atoms with E-state index in [1.807, 2.05) is 42.5 Å². The fraction of sp³-hybridized carbons (Fsp3) is 0.429. The van der Waals surface area contributed by atoms with E-state index in [0.29, 0.717) is 13.1 Å². The van der Waals surface area contributed by atoms with E-state index in [1.54, 1.807) is 6.07 Å². The molecule has 2 N–H and O–H groups in total. The van der Waals surface area contributed by atoms with Gasteiger partial charge in [-0.2, -0.15) is 0 Å². The zero-order chi connectivity index (χ0) is 19.1. The van der Waals surface area contributed by atoms with Crippen molar-refractivity contribution >= 4 is 15.9 Å². The Morgan fingerprint density at radius 2 is 1.96 bits per heavy atom. The maximum absolute atomic E-state index is 10.5. The third-order valence-corrected chi connectivity index (χ3v) is 5.13. The number of phenolic OH excluding ortho intramolecular Hbond substituents is 1. The lowest BCUT2D eigenvalue weighted by molar-refractivity contribution is 0.0311. The van der Waals surface area contributed by atoms with Gasteiger partial charge in [0.1, 0.15) is 24.2 Å². The zero-order valence-electron chi connectivity index (χ0n) is 15.3. The second kappa shape index (κ2) is 10.1. The Kier molecular flexibility index (Phi) is 7.52. The highest BCUT2D eigenvalue weighted by molar-refractivity contribution is 9.10. The van der Waals surface area contributed by atoms with Crippen molar-refractivity contribution < 1.29 is 19.7 Å². The summed E-state index contributed by atoms with van der Waals surface area (Å²) in [6.07, 6.45) is 1.64. The van der Waals surface area contributed by atoms with Gasteiger partial charge in [0.15, 0.2) is 0 Å². The number of aromatic hydroxyl groups is 1. The number of aliphatic hydroxyl groups excluding tert-OH is 1. The van der Waals surface area contributed by atoms with Gasteiger partial charge in [-0.25, -0.2) is 0 Å². The summed E-state index contributed by atoms with van der Waals surface area (Å²) in [5.74, 6) is 0.999. The van der Waals surface area contributed by atoms with Crippen LogP contribution in [0.4, 0.5) is 0 Å². The van der Waals surface area contributed by atoms with Crippen molar-refractivity contribution in [2.24, 2.45) is 0 Å². The van der Waals surface area contributed by atoms with Crippen molar-refractivity contribution in [3.8, 4) is 11.5 Å². The van der Waals surface area contributed by atoms with Gasteiger partial charge in [-0.05, 0) is 43.2 Å². The number of ether oxygens (including phenoxy) is 2. The van der Waals surface area contributed by atoms with Crippen LogP contribution in [-0.2, 0) is 11.3 Å². The Bertz CT molecular complexity index is 704. The summed E-state index contributed by atoms with van der Waals surface area (Å²) < 4.78 is 12.4. The van der Waals surface area contributed by atoms with Crippen molar-refractivity contribution in [1.82, 2.24) is 4.90 Å². The molecule has 0 saturated carbocycles. The van der Waals surface area contributed by atoms with Gasteiger partial charge < -0.3 is 19.7 Å². The van der Waals surface area contributed by atoms with Gasteiger partial charge in [0.05, 0.1) is 6.10 Å². The summed E-state index contributed by atoms with van der Waals surface area (Å²) >= 11 is 3.39. The van der Waals surface area contributed by atoms with Crippen molar-refractivity contribution in [1.29, 1.82) is 0 Å². The molecule has 1 aliphatic rings. The van der Waals surface area contributed by atoms with Gasteiger partial charge in [-0.15, -0.1) is 0 Å². The molecular weight excluding hydrogens is 410 g/mol. The summed E-state index contributed by atoms with van der Waals surface area (Å²) in [6.45, 7) is 2.74. The van der Waals surface area contributed by atoms with E-state index in [1.165, 1.54) is 0 Å². The minimum Gasteiger partial charge on any atom is -0.508 e. The molecular formula is C21H26BrNO4. The number of phenols is 1. The van der Waals surface area contributed by atoms with E-state index in [2.05, 4.69) is 20.8 Å². The van der Waals surface area contributed by atoms with Crippen LogP contribution in [0.1, 0.15) is 18.4 Å². The number of benzene rings is 2. The molecule has 146 valence electrons. The molecule has 1 heterocycles. The highest BCUT2D eigenvalue weighted by atomic mass is 79.9. The van der Waals surface area contributed by atoms with Gasteiger partial charge in [0, 0.05) is 36.3 Å². The Labute approximate surface area is 168 Å². The Balaban J connectivity index is 1.57. The second-order valence-electron chi connectivity index (χ2n) is 6.88. The number of rotatable bonds is 9. The maximum Gasteiger partial charge on any atom is 0.120 e. The molecule has 0 bridgehead atoms. The van der Waals surface area contributed by atoms with E-state index < -0.39 is 6.10 Å². The second-order valence-corrected chi connectivity index (χ2v) is 7.79. The first-order valence-electron chi connectivity index (χ1n) is 9.27. The van der Waals surface area contributed by atoms with Crippen LogP contribution < -0.4 is 4.74 Å². The first-order chi connectivity index (χ1) is 13.1. The highest BCUT2D eigenvalue weighted by Crippen LogP contribution is 2.21. The molecule has 3 rings (SSSR count). The lowest BCUT2D eigenvalue weighted by Crippen LogP contribution is -2.39. The summed E-state index contributed by atoms with van der Waals surface area (Å²) in [5.41, 5.74) is 0.844. The lowest BCUT2D eigenvalue weighted by atomic mass is 10.1. The van der Waals surface area contributed by atoms with E-state index in [9.17, 15) is 10.2 Å². The predicted octanol–water partition coefficient (Wildman–Crippen LogP) is 3.58. The smallest absolute Gasteiger partial charge is 0.120 e. The minimum atomic E-state index is -0.638. The fourth-order valence-electron chi connectivity index (χ4n) is 3.24. The molecule has 6 heteroatoms. The summed E-state index contributed by atoms with van der Waals surface area (Å²) in [5, 5.41) is 20.6. The molecule has 5 nitrogen and oxygen atoms in total. The van der Waals surface area contributed by atoms with Gasteiger partial charge in [0.2, 0.25) is 0 Å². The highest BCUT2D eigenvalue weighted by Gasteiger charge is 2.22. The van der Waals surface area contributed by atoms with Crippen LogP contribution >= 0.6 is 15.9 Å². The summed E-state index contributed by atoms with van der Waals surface area (Å²) in [7, 11) is 0. The topological polar surface area (TPSA) is 62.2 Å². The molecule has 27 heavy (non-hydrogen) atoms. The standard InChI is InChI=1S/C21H26BrNO4/c22-17-7-9-19(10-8-17)27-15-18(24)13-23(14-20-5-3-11-26-20)12-16-4-1-2-6-21(16)25/h1-2,4,6-10,18,20,24-25H,3,5,11-15H2/t18-,20-/m1/s1. The predicted molar refractivity (Wildman–Crippen MR) is 108 cm³/mol. The zero-order valence-corrected chi connectivity index (χ0v) is 16.8. The molecule has 0 amide bonds. The number of nitrogens with zero attached hydrogens (tertiary/aromatic N) is 1. The number of hydrogen-bond acceptors (Lipinski definition) is 5. The maximum atomic E-state index is 10.5. The average Bonchev–Trinajstić information content (AvgIpc) is 3.16. The molecule has 0 unspecified atom stereocenters. The molecule has 2 atom stereocenters. The van der Waals surface area contributed by atoms with Crippen LogP contribution in [-0.4, -0.2) is 53.6 Å². The largest absolute Gasteiger partial charge is 0.508 e. The fourth-order valence-corrected chi connectivity index (χ4v) is 3.50. The van der Waals surface area contributed by atoms with Crippen LogP contribution in [0.5, 0.6) is 11.5 Å². The third-order valence-electron chi connectivity index (χ3n) is 4.60. The minimum absolute atomic E-state index is 0.176. The molecule has 0 radical (unpaired) electrons. The Morgan fingerprint density at radius 1 is 1.19 bits per heavy atom. The van der Waals surface area contributed by atoms with Gasteiger partial charge in [0.25, 0.3) is 0 Å². The molecule has 1 fully saturated rings. The molecule has 0 aromatic heterocycles. The molecule has 0 aliphatic carbocycles. The lowest BCUT2D eigenvalue weighted by Gasteiger charge is -2.27. The molecule has 1 saturated heterocycles. The van der Waals surface area contributed by atoms with Crippen molar-refractivity contribution in [2.45, 2.75) is 31.6 Å². The first-order valence-corrected chi connectivity index (χ1v) is 10.1. The third kappa shape index (κ3) is 6.50. The van der Waals surface area contributed by atoms with Gasteiger partial charge in [-0.1, -0.05) is 34.1 Å². The van der Waals surface area contributed by atoms with E-state index in [4.69, 9.17) is 9.47 Å². The number of halogens is 1. The Morgan fingerprint density at radius 3 is 2.67 bits per heavy atom. The van der Waals surface area contributed by atoms with Crippen LogP contribution in [0.2, 0.25) is 0 Å². The summed E-state index contributed by atoms with van der Waals surface area (Å²) in [4.78, 5) is 2.13. The normalized spacial score (nSPS) is 18.0. The van der Waals surface area contributed by atoms with Crippen LogP contribution in [0, 0.1) is 0 Å². The number of para-hydroxylation sites is 1. The Hall–Kier alpha value is -1.60. The van der Waals surface area contributed by atoms with E-state index in [-0.39, 0.29) is 18.5 Å².